The maximum absolute atomic E-state index is 12.5. The number of alkyl halides is 1. The van der Waals surface area contributed by atoms with Crippen molar-refractivity contribution in [2.45, 2.75) is 31.6 Å². The predicted octanol–water partition coefficient (Wildman–Crippen LogP) is 2.93. The first kappa shape index (κ1) is 16.3. The molecule has 0 spiro atoms. The standard InChI is InChI=1S/C17H21ClN2O3/c1-3-22-11(2)8-19-17(21)13-9-20(15-10-23-16(15)18)14-7-5-4-6-12(13)14/h4-7,9,11,15-16H,3,8,10H2,1-2H3,(H,19,21). The normalized spacial score (nSPS) is 21.9. The van der Waals surface area contributed by atoms with Gasteiger partial charge in [0.2, 0.25) is 0 Å². The van der Waals surface area contributed by atoms with Gasteiger partial charge in [-0.25, -0.2) is 0 Å². The van der Waals surface area contributed by atoms with Crippen molar-refractivity contribution in [1.29, 1.82) is 0 Å². The molecule has 0 radical (unpaired) electrons. The minimum atomic E-state index is -0.348. The zero-order chi connectivity index (χ0) is 16.4. The molecule has 1 saturated heterocycles. The van der Waals surface area contributed by atoms with Crippen molar-refractivity contribution in [1.82, 2.24) is 9.88 Å². The first-order valence-electron chi connectivity index (χ1n) is 7.86. The lowest BCUT2D eigenvalue weighted by Crippen LogP contribution is -2.37. The van der Waals surface area contributed by atoms with Gasteiger partial charge in [0.25, 0.3) is 5.91 Å². The molecule has 23 heavy (non-hydrogen) atoms. The number of ether oxygens (including phenoxy) is 2. The zero-order valence-corrected chi connectivity index (χ0v) is 14.0. The number of rotatable bonds is 6. The molecule has 0 saturated carbocycles. The van der Waals surface area contributed by atoms with E-state index in [1.807, 2.05) is 48.9 Å². The minimum absolute atomic E-state index is 0.00967. The number of aromatic nitrogens is 1. The third-order valence-corrected chi connectivity index (χ3v) is 4.49. The summed E-state index contributed by atoms with van der Waals surface area (Å²) in [5.41, 5.74) is 1.30. The Hall–Kier alpha value is -1.56. The molecule has 1 fully saturated rings. The molecule has 6 heteroatoms. The van der Waals surface area contributed by atoms with E-state index in [0.29, 0.717) is 25.3 Å². The number of nitrogens with zero attached hydrogens (tertiary/aromatic N) is 1. The summed E-state index contributed by atoms with van der Waals surface area (Å²) in [6.45, 7) is 5.56. The third kappa shape index (κ3) is 3.22. The summed E-state index contributed by atoms with van der Waals surface area (Å²) in [7, 11) is 0. The molecule has 1 N–H and O–H groups in total. The van der Waals surface area contributed by atoms with Gasteiger partial charge in [0, 0.05) is 30.3 Å². The monoisotopic (exact) mass is 336 g/mol. The van der Waals surface area contributed by atoms with Crippen LogP contribution in [0.5, 0.6) is 0 Å². The molecular formula is C17H21ClN2O3. The molecule has 1 aromatic carbocycles. The summed E-state index contributed by atoms with van der Waals surface area (Å²) < 4.78 is 12.7. The van der Waals surface area contributed by atoms with Gasteiger partial charge in [-0.2, -0.15) is 0 Å². The van der Waals surface area contributed by atoms with Gasteiger partial charge in [-0.3, -0.25) is 4.79 Å². The van der Waals surface area contributed by atoms with Crippen LogP contribution in [0, 0.1) is 0 Å². The fourth-order valence-electron chi connectivity index (χ4n) is 2.80. The molecule has 3 rings (SSSR count). The summed E-state index contributed by atoms with van der Waals surface area (Å²) >= 11 is 6.12. The second kappa shape index (κ2) is 6.91. The smallest absolute Gasteiger partial charge is 0.253 e. The summed E-state index contributed by atoms with van der Waals surface area (Å²) in [5.74, 6) is -0.0992. The molecule has 5 nitrogen and oxygen atoms in total. The molecule has 124 valence electrons. The number of benzene rings is 1. The van der Waals surface area contributed by atoms with Gasteiger partial charge < -0.3 is 19.4 Å². The second-order valence-electron chi connectivity index (χ2n) is 5.70. The maximum atomic E-state index is 12.5. The van der Waals surface area contributed by atoms with Crippen LogP contribution >= 0.6 is 11.6 Å². The number of amides is 1. The molecule has 3 unspecified atom stereocenters. The van der Waals surface area contributed by atoms with E-state index >= 15 is 0 Å². The maximum Gasteiger partial charge on any atom is 0.253 e. The van der Waals surface area contributed by atoms with Gasteiger partial charge in [0.1, 0.15) is 0 Å². The molecule has 0 bridgehead atoms. The van der Waals surface area contributed by atoms with Gasteiger partial charge >= 0.3 is 0 Å². The highest BCUT2D eigenvalue weighted by Crippen LogP contribution is 2.34. The van der Waals surface area contributed by atoms with Crippen molar-refractivity contribution in [3.05, 3.63) is 36.0 Å². The Morgan fingerprint density at radius 1 is 1.52 bits per heavy atom. The molecule has 2 heterocycles. The van der Waals surface area contributed by atoms with Crippen LogP contribution < -0.4 is 5.32 Å². The molecule has 0 aliphatic carbocycles. The van der Waals surface area contributed by atoms with Crippen LogP contribution in [0.25, 0.3) is 10.9 Å². The number of hydrogen-bond acceptors (Lipinski definition) is 3. The summed E-state index contributed by atoms with van der Waals surface area (Å²) in [4.78, 5) is 12.5. The average Bonchev–Trinajstić information content (AvgIpc) is 2.91. The Morgan fingerprint density at radius 3 is 2.96 bits per heavy atom. The molecule has 1 amide bonds. The van der Waals surface area contributed by atoms with E-state index in [4.69, 9.17) is 21.1 Å². The van der Waals surface area contributed by atoms with Crippen LogP contribution in [0.4, 0.5) is 0 Å². The number of para-hydroxylation sites is 1. The second-order valence-corrected chi connectivity index (χ2v) is 6.13. The van der Waals surface area contributed by atoms with Crippen LogP contribution in [0.3, 0.4) is 0 Å². The number of carbonyl (C=O) groups is 1. The Bertz CT molecular complexity index is 700. The third-order valence-electron chi connectivity index (χ3n) is 4.07. The lowest BCUT2D eigenvalue weighted by atomic mass is 10.1. The summed E-state index contributed by atoms with van der Waals surface area (Å²) in [5, 5.41) is 3.85. The van der Waals surface area contributed by atoms with Crippen LogP contribution in [0.1, 0.15) is 30.2 Å². The SMILES string of the molecule is CCOC(C)CNC(=O)c1cn(C2COC2Cl)c2ccccc12. The van der Waals surface area contributed by atoms with Crippen molar-refractivity contribution in [3.8, 4) is 0 Å². The van der Waals surface area contributed by atoms with E-state index < -0.39 is 0 Å². The number of hydrogen-bond donors (Lipinski definition) is 1. The topological polar surface area (TPSA) is 52.5 Å². The highest BCUT2D eigenvalue weighted by molar-refractivity contribution is 6.20. The summed E-state index contributed by atoms with van der Waals surface area (Å²) in [6.07, 6.45) is 1.86. The average molecular weight is 337 g/mol. The number of halogens is 1. The van der Waals surface area contributed by atoms with E-state index in [9.17, 15) is 4.79 Å². The predicted molar refractivity (Wildman–Crippen MR) is 90.0 cm³/mol. The van der Waals surface area contributed by atoms with Crippen molar-refractivity contribution in [2.75, 3.05) is 19.8 Å². The van der Waals surface area contributed by atoms with Crippen molar-refractivity contribution in [2.24, 2.45) is 0 Å². The molecule has 1 aromatic heterocycles. The molecular weight excluding hydrogens is 316 g/mol. The molecule has 1 aliphatic rings. The Kier molecular flexibility index (Phi) is 4.90. The number of fused-ring (bicyclic) bond motifs is 1. The van der Waals surface area contributed by atoms with E-state index in [2.05, 4.69) is 5.32 Å². The fourth-order valence-corrected chi connectivity index (χ4v) is 3.06. The highest BCUT2D eigenvalue weighted by Gasteiger charge is 2.33. The van der Waals surface area contributed by atoms with Gasteiger partial charge in [0.05, 0.1) is 24.3 Å². The van der Waals surface area contributed by atoms with Gasteiger partial charge in [-0.15, -0.1) is 0 Å². The number of carbonyl (C=O) groups excluding carboxylic acids is 1. The quantitative estimate of drug-likeness (QED) is 0.825. The van der Waals surface area contributed by atoms with Gasteiger partial charge in [0.15, 0.2) is 5.56 Å². The lowest BCUT2D eigenvalue weighted by Gasteiger charge is -2.33. The Labute approximate surface area is 140 Å². The van der Waals surface area contributed by atoms with Crippen molar-refractivity contribution < 1.29 is 14.3 Å². The number of nitrogens with one attached hydrogen (secondary N) is 1. The van der Waals surface area contributed by atoms with E-state index in [1.165, 1.54) is 0 Å². The van der Waals surface area contributed by atoms with Crippen LogP contribution in [-0.2, 0) is 9.47 Å². The van der Waals surface area contributed by atoms with Crippen molar-refractivity contribution >= 4 is 28.4 Å². The fraction of sp³-hybridized carbons (Fsp3) is 0.471. The highest BCUT2D eigenvalue weighted by atomic mass is 35.5. The summed E-state index contributed by atoms with van der Waals surface area (Å²) in [6, 6.07) is 7.90. The van der Waals surface area contributed by atoms with E-state index in [1.54, 1.807) is 0 Å². The van der Waals surface area contributed by atoms with Crippen LogP contribution in [-0.4, -0.2) is 41.9 Å². The largest absolute Gasteiger partial charge is 0.377 e. The molecule has 3 atom stereocenters. The lowest BCUT2D eigenvalue weighted by molar-refractivity contribution is -0.0523. The Morgan fingerprint density at radius 2 is 2.30 bits per heavy atom. The van der Waals surface area contributed by atoms with E-state index in [0.717, 1.165) is 10.9 Å². The minimum Gasteiger partial charge on any atom is -0.377 e. The first-order valence-corrected chi connectivity index (χ1v) is 8.30. The van der Waals surface area contributed by atoms with Crippen LogP contribution in [0.15, 0.2) is 30.5 Å². The van der Waals surface area contributed by atoms with Gasteiger partial charge in [-0.1, -0.05) is 29.8 Å². The van der Waals surface area contributed by atoms with Gasteiger partial charge in [-0.05, 0) is 19.9 Å². The molecule has 1 aliphatic heterocycles. The molecule has 2 aromatic rings. The van der Waals surface area contributed by atoms with E-state index in [-0.39, 0.29) is 23.6 Å². The first-order chi connectivity index (χ1) is 11.1. The van der Waals surface area contributed by atoms with Crippen molar-refractivity contribution in [3.63, 3.8) is 0 Å². The Balaban J connectivity index is 1.84. The van der Waals surface area contributed by atoms with Crippen LogP contribution in [0.2, 0.25) is 0 Å². The zero-order valence-electron chi connectivity index (χ0n) is 13.3.